The number of carbonyl (C=O) groups is 1. The van der Waals surface area contributed by atoms with E-state index in [0.717, 1.165) is 0 Å². The number of methoxy groups -OCH3 is 2. The van der Waals surface area contributed by atoms with Crippen LogP contribution in [0.25, 0.3) is 0 Å². The Bertz CT molecular complexity index is 347. The lowest BCUT2D eigenvalue weighted by Gasteiger charge is -2.07. The first-order valence-electron chi connectivity index (χ1n) is 5.65. The van der Waals surface area contributed by atoms with E-state index in [0.29, 0.717) is 31.1 Å². The maximum absolute atomic E-state index is 11.6. The van der Waals surface area contributed by atoms with Crippen molar-refractivity contribution < 1.29 is 23.7 Å². The van der Waals surface area contributed by atoms with Crippen molar-refractivity contribution in [2.24, 2.45) is 0 Å². The molecule has 0 radical (unpaired) electrons. The Morgan fingerprint density at radius 2 is 1.56 bits per heavy atom. The molecule has 0 spiro atoms. The quantitative estimate of drug-likeness (QED) is 0.520. The van der Waals surface area contributed by atoms with E-state index in [9.17, 15) is 4.79 Å². The minimum atomic E-state index is -0.365. The Hall–Kier alpha value is -1.59. The summed E-state index contributed by atoms with van der Waals surface area (Å²) in [5.41, 5.74) is 0.491. The predicted octanol–water partition coefficient (Wildman–Crippen LogP) is 1.52. The molecule has 18 heavy (non-hydrogen) atoms. The molecule has 0 amide bonds. The standard InChI is InChI=1S/C13H18O5/c1-15-7-9-17-12-5-3-11(4-6-12)13(14)18-10-8-16-2/h3-6H,7-10H2,1-2H3. The molecule has 0 aliphatic rings. The summed E-state index contributed by atoms with van der Waals surface area (Å²) in [7, 11) is 3.17. The van der Waals surface area contributed by atoms with Crippen molar-refractivity contribution in [3.05, 3.63) is 29.8 Å². The molecule has 0 bridgehead atoms. The van der Waals surface area contributed by atoms with Gasteiger partial charge in [-0.3, -0.25) is 0 Å². The highest BCUT2D eigenvalue weighted by molar-refractivity contribution is 5.89. The van der Waals surface area contributed by atoms with Crippen LogP contribution >= 0.6 is 0 Å². The Balaban J connectivity index is 2.41. The first kappa shape index (κ1) is 14.5. The molecule has 0 fully saturated rings. The second-order valence-corrected chi connectivity index (χ2v) is 3.49. The summed E-state index contributed by atoms with van der Waals surface area (Å²) in [4.78, 5) is 11.6. The SMILES string of the molecule is COCCOC(=O)c1ccc(OCCOC)cc1. The van der Waals surface area contributed by atoms with Gasteiger partial charge in [0, 0.05) is 14.2 Å². The number of ether oxygens (including phenoxy) is 4. The van der Waals surface area contributed by atoms with Crippen LogP contribution in [0.15, 0.2) is 24.3 Å². The highest BCUT2D eigenvalue weighted by Crippen LogP contribution is 2.12. The fraction of sp³-hybridized carbons (Fsp3) is 0.462. The van der Waals surface area contributed by atoms with Gasteiger partial charge >= 0.3 is 5.97 Å². The summed E-state index contributed by atoms with van der Waals surface area (Å²) < 4.78 is 20.0. The molecule has 0 atom stereocenters. The average molecular weight is 254 g/mol. The van der Waals surface area contributed by atoms with Gasteiger partial charge in [0.05, 0.1) is 18.8 Å². The topological polar surface area (TPSA) is 54.0 Å². The monoisotopic (exact) mass is 254 g/mol. The van der Waals surface area contributed by atoms with Crippen LogP contribution in [0.1, 0.15) is 10.4 Å². The van der Waals surface area contributed by atoms with Gasteiger partial charge in [-0.2, -0.15) is 0 Å². The number of hydrogen-bond donors (Lipinski definition) is 0. The first-order valence-corrected chi connectivity index (χ1v) is 5.65. The van der Waals surface area contributed by atoms with Gasteiger partial charge in [-0.15, -0.1) is 0 Å². The van der Waals surface area contributed by atoms with Gasteiger partial charge in [0.25, 0.3) is 0 Å². The largest absolute Gasteiger partial charge is 0.491 e. The summed E-state index contributed by atoms with van der Waals surface area (Å²) in [5.74, 6) is 0.330. The van der Waals surface area contributed by atoms with Crippen LogP contribution in [-0.4, -0.2) is 46.6 Å². The highest BCUT2D eigenvalue weighted by atomic mass is 16.6. The van der Waals surface area contributed by atoms with Gasteiger partial charge in [-0.25, -0.2) is 4.79 Å². The maximum atomic E-state index is 11.6. The second-order valence-electron chi connectivity index (χ2n) is 3.49. The van der Waals surface area contributed by atoms with Crippen molar-refractivity contribution in [3.63, 3.8) is 0 Å². The molecule has 0 N–H and O–H groups in total. The molecule has 0 aromatic heterocycles. The van der Waals surface area contributed by atoms with E-state index in [2.05, 4.69) is 0 Å². The zero-order valence-electron chi connectivity index (χ0n) is 10.7. The average Bonchev–Trinajstić information content (AvgIpc) is 2.40. The molecule has 1 rings (SSSR count). The van der Waals surface area contributed by atoms with E-state index >= 15 is 0 Å². The molecular weight excluding hydrogens is 236 g/mol. The predicted molar refractivity (Wildman–Crippen MR) is 66.0 cm³/mol. The van der Waals surface area contributed by atoms with Crippen LogP contribution < -0.4 is 4.74 Å². The number of carbonyl (C=O) groups excluding carboxylic acids is 1. The molecule has 100 valence electrons. The molecular formula is C13H18O5. The molecule has 0 aliphatic carbocycles. The van der Waals surface area contributed by atoms with Crippen LogP contribution in [0.5, 0.6) is 5.75 Å². The van der Waals surface area contributed by atoms with E-state index in [4.69, 9.17) is 18.9 Å². The van der Waals surface area contributed by atoms with Crippen molar-refractivity contribution in [2.75, 3.05) is 40.6 Å². The number of hydrogen-bond acceptors (Lipinski definition) is 5. The first-order chi connectivity index (χ1) is 8.77. The Labute approximate surface area is 107 Å². The third kappa shape index (κ3) is 5.16. The second kappa shape index (κ2) is 8.49. The lowest BCUT2D eigenvalue weighted by molar-refractivity contribution is 0.0388. The van der Waals surface area contributed by atoms with E-state index in [-0.39, 0.29) is 12.6 Å². The van der Waals surface area contributed by atoms with E-state index in [1.54, 1.807) is 38.5 Å². The van der Waals surface area contributed by atoms with Gasteiger partial charge in [-0.1, -0.05) is 0 Å². The summed E-state index contributed by atoms with van der Waals surface area (Å²) in [5, 5.41) is 0. The Kier molecular flexibility index (Phi) is 6.83. The van der Waals surface area contributed by atoms with Crippen molar-refractivity contribution >= 4 is 5.97 Å². The van der Waals surface area contributed by atoms with Crippen LogP contribution in [-0.2, 0) is 14.2 Å². The maximum Gasteiger partial charge on any atom is 0.338 e. The lowest BCUT2D eigenvalue weighted by atomic mass is 10.2. The summed E-state index contributed by atoms with van der Waals surface area (Å²) in [6.07, 6.45) is 0. The van der Waals surface area contributed by atoms with Gasteiger partial charge < -0.3 is 18.9 Å². The third-order valence-corrected chi connectivity index (χ3v) is 2.17. The minimum absolute atomic E-state index is 0.251. The van der Waals surface area contributed by atoms with Gasteiger partial charge in [0.1, 0.15) is 19.0 Å². The van der Waals surface area contributed by atoms with Gasteiger partial charge in [-0.05, 0) is 24.3 Å². The Morgan fingerprint density at radius 3 is 2.17 bits per heavy atom. The van der Waals surface area contributed by atoms with Crippen LogP contribution in [0, 0.1) is 0 Å². The van der Waals surface area contributed by atoms with Crippen LogP contribution in [0.3, 0.4) is 0 Å². The molecule has 1 aromatic rings. The van der Waals surface area contributed by atoms with Crippen LogP contribution in [0.2, 0.25) is 0 Å². The molecule has 0 heterocycles. The van der Waals surface area contributed by atoms with E-state index < -0.39 is 0 Å². The van der Waals surface area contributed by atoms with Crippen LogP contribution in [0.4, 0.5) is 0 Å². The smallest absolute Gasteiger partial charge is 0.338 e. The van der Waals surface area contributed by atoms with Crippen molar-refractivity contribution in [2.45, 2.75) is 0 Å². The summed E-state index contributed by atoms with van der Waals surface area (Å²) in [6, 6.07) is 6.78. The highest BCUT2D eigenvalue weighted by Gasteiger charge is 2.06. The molecule has 0 aliphatic heterocycles. The fourth-order valence-corrected chi connectivity index (χ4v) is 1.23. The van der Waals surface area contributed by atoms with Crippen molar-refractivity contribution in [1.82, 2.24) is 0 Å². The summed E-state index contributed by atoms with van der Waals surface area (Å²) in [6.45, 7) is 1.65. The third-order valence-electron chi connectivity index (χ3n) is 2.17. The molecule has 1 aromatic carbocycles. The van der Waals surface area contributed by atoms with Gasteiger partial charge in [0.2, 0.25) is 0 Å². The van der Waals surface area contributed by atoms with Crippen molar-refractivity contribution in [3.8, 4) is 5.75 Å². The fourth-order valence-electron chi connectivity index (χ4n) is 1.23. The summed E-state index contributed by atoms with van der Waals surface area (Å²) >= 11 is 0. The number of rotatable bonds is 8. The van der Waals surface area contributed by atoms with E-state index in [1.165, 1.54) is 0 Å². The molecule has 0 unspecified atom stereocenters. The minimum Gasteiger partial charge on any atom is -0.491 e. The number of benzene rings is 1. The van der Waals surface area contributed by atoms with Crippen molar-refractivity contribution in [1.29, 1.82) is 0 Å². The van der Waals surface area contributed by atoms with E-state index in [1.807, 2.05) is 0 Å². The normalized spacial score (nSPS) is 10.1. The molecule has 5 heteroatoms. The molecule has 0 saturated heterocycles. The molecule has 0 saturated carbocycles. The molecule has 5 nitrogen and oxygen atoms in total. The zero-order chi connectivity index (χ0) is 13.2. The lowest BCUT2D eigenvalue weighted by Crippen LogP contribution is -2.10. The Morgan fingerprint density at radius 1 is 0.944 bits per heavy atom. The number of esters is 1. The zero-order valence-corrected chi connectivity index (χ0v) is 10.7. The van der Waals surface area contributed by atoms with Gasteiger partial charge in [0.15, 0.2) is 0 Å².